The fourth-order valence-electron chi connectivity index (χ4n) is 7.42. The first-order chi connectivity index (χ1) is 25.3. The van der Waals surface area contributed by atoms with Crippen molar-refractivity contribution in [3.05, 3.63) is 182 Å². The van der Waals surface area contributed by atoms with Gasteiger partial charge >= 0.3 is 0 Å². The molecule has 2 heterocycles. The minimum atomic E-state index is 0.636. The van der Waals surface area contributed by atoms with Gasteiger partial charge in [0.15, 0.2) is 17.5 Å². The Kier molecular flexibility index (Phi) is 6.78. The molecule has 0 atom stereocenters. The lowest BCUT2D eigenvalue weighted by molar-refractivity contribution is 1.07. The Labute approximate surface area is 296 Å². The Bertz CT molecular complexity index is 2740. The standard InChI is InChI=1S/C47H30N4/c1-4-14-32(15-5-1)38-26-28-43-44-39(38)21-12-22-40(44)41-30-36(25-27-42(41)51(43)37-19-8-3-9-20-37)47-49-45(33-16-6-2-7-17-33)48-46(50-47)35-24-23-31-13-10-11-18-34(31)29-35/h1-30H. The molecule has 0 fully saturated rings. The van der Waals surface area contributed by atoms with E-state index in [9.17, 15) is 0 Å². The second kappa shape index (κ2) is 11.9. The number of benzene rings is 8. The lowest BCUT2D eigenvalue weighted by Crippen LogP contribution is -2.15. The second-order valence-electron chi connectivity index (χ2n) is 12.9. The van der Waals surface area contributed by atoms with E-state index >= 15 is 0 Å². The molecule has 0 saturated carbocycles. The lowest BCUT2D eigenvalue weighted by Gasteiger charge is -2.34. The summed E-state index contributed by atoms with van der Waals surface area (Å²) in [6, 6.07) is 64.0. The highest BCUT2D eigenvalue weighted by molar-refractivity contribution is 6.17. The molecule has 0 bridgehead atoms. The molecule has 0 radical (unpaired) electrons. The minimum Gasteiger partial charge on any atom is -0.309 e. The molecule has 4 nitrogen and oxygen atoms in total. The highest BCUT2D eigenvalue weighted by Crippen LogP contribution is 2.53. The topological polar surface area (TPSA) is 41.9 Å². The fourth-order valence-corrected chi connectivity index (χ4v) is 7.42. The van der Waals surface area contributed by atoms with Crippen molar-refractivity contribution in [3.63, 3.8) is 0 Å². The number of para-hydroxylation sites is 1. The quantitative estimate of drug-likeness (QED) is 0.186. The van der Waals surface area contributed by atoms with E-state index in [4.69, 9.17) is 15.0 Å². The third-order valence-corrected chi connectivity index (χ3v) is 9.82. The molecule has 238 valence electrons. The van der Waals surface area contributed by atoms with Gasteiger partial charge < -0.3 is 4.90 Å². The van der Waals surface area contributed by atoms with Gasteiger partial charge in [-0.3, -0.25) is 0 Å². The van der Waals surface area contributed by atoms with Crippen molar-refractivity contribution in [3.8, 4) is 56.4 Å². The molecule has 0 aliphatic carbocycles. The number of hydrogen-bond donors (Lipinski definition) is 0. The second-order valence-corrected chi connectivity index (χ2v) is 12.9. The molecule has 1 aliphatic rings. The fraction of sp³-hybridized carbons (Fsp3) is 0. The van der Waals surface area contributed by atoms with Crippen molar-refractivity contribution in [1.82, 2.24) is 15.0 Å². The van der Waals surface area contributed by atoms with Crippen LogP contribution in [-0.4, -0.2) is 15.0 Å². The Morgan fingerprint density at radius 3 is 1.67 bits per heavy atom. The van der Waals surface area contributed by atoms with Gasteiger partial charge in [0.25, 0.3) is 0 Å². The van der Waals surface area contributed by atoms with Crippen molar-refractivity contribution >= 4 is 38.6 Å². The summed E-state index contributed by atoms with van der Waals surface area (Å²) in [6.45, 7) is 0. The van der Waals surface area contributed by atoms with E-state index in [1.165, 1.54) is 32.8 Å². The molecular weight excluding hydrogens is 621 g/mol. The molecule has 1 aliphatic heterocycles. The molecule has 10 rings (SSSR count). The van der Waals surface area contributed by atoms with Crippen molar-refractivity contribution in [2.45, 2.75) is 0 Å². The summed E-state index contributed by atoms with van der Waals surface area (Å²) in [7, 11) is 0. The van der Waals surface area contributed by atoms with Gasteiger partial charge in [0.05, 0.1) is 11.4 Å². The van der Waals surface area contributed by atoms with E-state index < -0.39 is 0 Å². The summed E-state index contributed by atoms with van der Waals surface area (Å²) in [5.41, 5.74) is 11.0. The molecule has 51 heavy (non-hydrogen) atoms. The van der Waals surface area contributed by atoms with Crippen LogP contribution in [0.4, 0.5) is 17.1 Å². The first-order valence-corrected chi connectivity index (χ1v) is 17.2. The molecule has 4 heteroatoms. The van der Waals surface area contributed by atoms with Crippen LogP contribution in [0.2, 0.25) is 0 Å². The average Bonchev–Trinajstić information content (AvgIpc) is 3.21. The number of fused-ring (bicyclic) bond motifs is 3. The Hall–Kier alpha value is -6.91. The molecule has 0 N–H and O–H groups in total. The maximum atomic E-state index is 5.14. The predicted octanol–water partition coefficient (Wildman–Crippen LogP) is 12.3. The Balaban J connectivity index is 1.20. The van der Waals surface area contributed by atoms with Gasteiger partial charge in [-0.05, 0) is 75.3 Å². The van der Waals surface area contributed by atoms with Crippen molar-refractivity contribution in [2.24, 2.45) is 0 Å². The summed E-state index contributed by atoms with van der Waals surface area (Å²) in [4.78, 5) is 17.6. The van der Waals surface area contributed by atoms with Crippen LogP contribution in [0.3, 0.4) is 0 Å². The first kappa shape index (κ1) is 29.0. The summed E-state index contributed by atoms with van der Waals surface area (Å²) in [5.74, 6) is 1.93. The molecular formula is C47H30N4. The highest BCUT2D eigenvalue weighted by Gasteiger charge is 2.28. The predicted molar refractivity (Wildman–Crippen MR) is 210 cm³/mol. The van der Waals surface area contributed by atoms with Gasteiger partial charge in [0.2, 0.25) is 0 Å². The molecule has 8 aromatic carbocycles. The largest absolute Gasteiger partial charge is 0.309 e. The average molecular weight is 651 g/mol. The normalized spacial score (nSPS) is 11.9. The van der Waals surface area contributed by atoms with E-state index in [1.54, 1.807) is 0 Å². The molecule has 0 saturated heterocycles. The van der Waals surface area contributed by atoms with Crippen LogP contribution in [0.5, 0.6) is 0 Å². The number of anilines is 3. The number of aromatic nitrogens is 3. The third kappa shape index (κ3) is 4.96. The zero-order chi connectivity index (χ0) is 33.7. The van der Waals surface area contributed by atoms with Crippen LogP contribution in [0.25, 0.3) is 78.0 Å². The van der Waals surface area contributed by atoms with E-state index in [-0.39, 0.29) is 0 Å². The van der Waals surface area contributed by atoms with E-state index in [2.05, 4.69) is 169 Å². The lowest BCUT2D eigenvalue weighted by atomic mass is 9.87. The van der Waals surface area contributed by atoms with Crippen LogP contribution < -0.4 is 4.90 Å². The third-order valence-electron chi connectivity index (χ3n) is 9.82. The van der Waals surface area contributed by atoms with E-state index in [0.29, 0.717) is 17.5 Å². The minimum absolute atomic E-state index is 0.636. The molecule has 0 amide bonds. The molecule has 9 aromatic rings. The van der Waals surface area contributed by atoms with Crippen molar-refractivity contribution in [1.29, 1.82) is 0 Å². The van der Waals surface area contributed by atoms with Crippen molar-refractivity contribution in [2.75, 3.05) is 4.90 Å². The SMILES string of the molecule is c1ccc(-c2nc(-c3ccc4c(c3)-c3cccc5c(-c6ccccc6)ccc(c35)N4c3ccccc3)nc(-c3ccc4ccccc4c3)n2)cc1. The monoisotopic (exact) mass is 650 g/mol. The Morgan fingerprint density at radius 2 is 0.922 bits per heavy atom. The van der Waals surface area contributed by atoms with Gasteiger partial charge in [-0.2, -0.15) is 0 Å². The zero-order valence-corrected chi connectivity index (χ0v) is 27.6. The van der Waals surface area contributed by atoms with Gasteiger partial charge in [-0.15, -0.1) is 0 Å². The summed E-state index contributed by atoms with van der Waals surface area (Å²) >= 11 is 0. The van der Waals surface area contributed by atoms with Crippen molar-refractivity contribution < 1.29 is 0 Å². The van der Waals surface area contributed by atoms with E-state index in [0.717, 1.165) is 44.7 Å². The molecule has 0 unspecified atom stereocenters. The van der Waals surface area contributed by atoms with Crippen LogP contribution >= 0.6 is 0 Å². The highest BCUT2D eigenvalue weighted by atomic mass is 15.2. The van der Waals surface area contributed by atoms with Gasteiger partial charge in [-0.1, -0.05) is 140 Å². The van der Waals surface area contributed by atoms with Crippen LogP contribution in [0.15, 0.2) is 182 Å². The summed E-state index contributed by atoms with van der Waals surface area (Å²) in [5, 5.41) is 4.78. The van der Waals surface area contributed by atoms with E-state index in [1.807, 2.05) is 18.2 Å². The van der Waals surface area contributed by atoms with Gasteiger partial charge in [0.1, 0.15) is 0 Å². The van der Waals surface area contributed by atoms with Gasteiger partial charge in [0, 0.05) is 33.3 Å². The summed E-state index contributed by atoms with van der Waals surface area (Å²) in [6.07, 6.45) is 0. The first-order valence-electron chi connectivity index (χ1n) is 17.2. The Morgan fingerprint density at radius 1 is 0.333 bits per heavy atom. The van der Waals surface area contributed by atoms with Crippen LogP contribution in [0.1, 0.15) is 0 Å². The van der Waals surface area contributed by atoms with Crippen LogP contribution in [0, 0.1) is 0 Å². The van der Waals surface area contributed by atoms with Crippen LogP contribution in [-0.2, 0) is 0 Å². The molecule has 0 spiro atoms. The zero-order valence-electron chi connectivity index (χ0n) is 27.6. The maximum absolute atomic E-state index is 5.14. The maximum Gasteiger partial charge on any atom is 0.164 e. The molecule has 1 aromatic heterocycles. The van der Waals surface area contributed by atoms with Gasteiger partial charge in [-0.25, -0.2) is 15.0 Å². The summed E-state index contributed by atoms with van der Waals surface area (Å²) < 4.78 is 0. The number of hydrogen-bond acceptors (Lipinski definition) is 4. The number of rotatable bonds is 5. The number of nitrogens with zero attached hydrogens (tertiary/aromatic N) is 4. The smallest absolute Gasteiger partial charge is 0.164 e.